The maximum atomic E-state index is 6.37. The molecule has 3 rings (SSSR count). The van der Waals surface area contributed by atoms with Gasteiger partial charge in [-0.05, 0) is 70.5 Å². The van der Waals surface area contributed by atoms with E-state index < -0.39 is 5.60 Å². The molecule has 0 aromatic heterocycles. The smallest absolute Gasteiger partial charge is 0.132 e. The van der Waals surface area contributed by atoms with Gasteiger partial charge in [-0.2, -0.15) is 0 Å². The fourth-order valence-corrected chi connectivity index (χ4v) is 3.77. The molecule has 0 saturated heterocycles. The van der Waals surface area contributed by atoms with Crippen LogP contribution in [0, 0.1) is 0 Å². The van der Waals surface area contributed by atoms with Crippen LogP contribution >= 0.6 is 0 Å². The molecule has 1 aliphatic heterocycles. The maximum absolute atomic E-state index is 6.37. The SMILES string of the molecule is C/C=C/COC1C(OC(C)C)c2cc(NCc3ccc(OC)cc3)ccc2OC1(C)C. The molecule has 0 saturated carbocycles. The minimum atomic E-state index is -0.508. The molecule has 0 fully saturated rings. The molecule has 5 nitrogen and oxygen atoms in total. The third-order valence-corrected chi connectivity index (χ3v) is 5.33. The molecule has 0 bridgehead atoms. The molecule has 0 radical (unpaired) electrons. The summed E-state index contributed by atoms with van der Waals surface area (Å²) in [5, 5.41) is 3.51. The molecule has 1 heterocycles. The topological polar surface area (TPSA) is 49.0 Å². The third kappa shape index (κ3) is 5.81. The van der Waals surface area contributed by atoms with Crippen molar-refractivity contribution in [3.8, 4) is 11.5 Å². The van der Waals surface area contributed by atoms with Gasteiger partial charge in [0.15, 0.2) is 0 Å². The van der Waals surface area contributed by atoms with Crippen LogP contribution in [-0.2, 0) is 16.0 Å². The van der Waals surface area contributed by atoms with E-state index in [1.54, 1.807) is 7.11 Å². The highest BCUT2D eigenvalue weighted by Crippen LogP contribution is 2.44. The first-order valence-corrected chi connectivity index (χ1v) is 10.9. The number of allylic oxidation sites excluding steroid dienone is 1. The Balaban J connectivity index is 1.83. The summed E-state index contributed by atoms with van der Waals surface area (Å²) >= 11 is 0. The van der Waals surface area contributed by atoms with Crippen molar-refractivity contribution < 1.29 is 18.9 Å². The third-order valence-electron chi connectivity index (χ3n) is 5.33. The molecule has 0 amide bonds. The Hall–Kier alpha value is -2.50. The molecular formula is C26H35NO4. The monoisotopic (exact) mass is 425 g/mol. The molecule has 0 aliphatic carbocycles. The summed E-state index contributed by atoms with van der Waals surface area (Å²) < 4.78 is 24.2. The number of hydrogen-bond donors (Lipinski definition) is 1. The molecule has 0 spiro atoms. The number of hydrogen-bond acceptors (Lipinski definition) is 5. The fourth-order valence-electron chi connectivity index (χ4n) is 3.77. The number of methoxy groups -OCH3 is 1. The lowest BCUT2D eigenvalue weighted by molar-refractivity contribution is -0.168. The van der Waals surface area contributed by atoms with E-state index in [1.165, 1.54) is 5.56 Å². The number of benzene rings is 2. The van der Waals surface area contributed by atoms with E-state index >= 15 is 0 Å². The van der Waals surface area contributed by atoms with E-state index in [2.05, 4.69) is 51.2 Å². The van der Waals surface area contributed by atoms with Gasteiger partial charge in [-0.15, -0.1) is 0 Å². The van der Waals surface area contributed by atoms with Crippen molar-refractivity contribution in [2.24, 2.45) is 0 Å². The standard InChI is InChI=1S/C26H35NO4/c1-7-8-15-29-25-24(30-18(2)3)22-16-20(11-14-23(22)31-26(25,4)5)27-17-19-9-12-21(28-6)13-10-19/h7-14,16,18,24-25,27H,15,17H2,1-6H3/b8-7+. The molecule has 168 valence electrons. The molecule has 5 heteroatoms. The first-order chi connectivity index (χ1) is 14.8. The Kier molecular flexibility index (Phi) is 7.63. The lowest BCUT2D eigenvalue weighted by Gasteiger charge is -2.44. The predicted molar refractivity (Wildman–Crippen MR) is 125 cm³/mol. The minimum Gasteiger partial charge on any atom is -0.497 e. The van der Waals surface area contributed by atoms with E-state index in [1.807, 2.05) is 43.3 Å². The zero-order valence-electron chi connectivity index (χ0n) is 19.5. The second-order valence-corrected chi connectivity index (χ2v) is 8.59. The van der Waals surface area contributed by atoms with Crippen molar-refractivity contribution in [2.75, 3.05) is 19.0 Å². The summed E-state index contributed by atoms with van der Waals surface area (Å²) in [5.74, 6) is 1.70. The van der Waals surface area contributed by atoms with Gasteiger partial charge in [0.25, 0.3) is 0 Å². The largest absolute Gasteiger partial charge is 0.497 e. The summed E-state index contributed by atoms with van der Waals surface area (Å²) in [6, 6.07) is 14.3. The van der Waals surface area contributed by atoms with Gasteiger partial charge < -0.3 is 24.3 Å². The molecule has 1 N–H and O–H groups in total. The molecular weight excluding hydrogens is 390 g/mol. The van der Waals surface area contributed by atoms with Gasteiger partial charge in [-0.1, -0.05) is 24.3 Å². The normalized spacial score (nSPS) is 19.8. The average molecular weight is 426 g/mol. The molecule has 31 heavy (non-hydrogen) atoms. The first-order valence-electron chi connectivity index (χ1n) is 10.9. The van der Waals surface area contributed by atoms with E-state index in [0.29, 0.717) is 13.2 Å². The van der Waals surface area contributed by atoms with Crippen molar-refractivity contribution in [3.05, 3.63) is 65.7 Å². The lowest BCUT2D eigenvalue weighted by atomic mass is 9.87. The Labute approximate surface area is 186 Å². The van der Waals surface area contributed by atoms with Crippen LogP contribution in [0.25, 0.3) is 0 Å². The van der Waals surface area contributed by atoms with Crippen molar-refractivity contribution in [3.63, 3.8) is 0 Å². The van der Waals surface area contributed by atoms with Crippen LogP contribution in [0.1, 0.15) is 51.8 Å². The highest BCUT2D eigenvalue weighted by molar-refractivity contribution is 5.54. The minimum absolute atomic E-state index is 0.0653. The van der Waals surface area contributed by atoms with Crippen LogP contribution in [0.15, 0.2) is 54.6 Å². The Bertz CT molecular complexity index is 873. The van der Waals surface area contributed by atoms with E-state index in [-0.39, 0.29) is 18.3 Å². The number of anilines is 1. The van der Waals surface area contributed by atoms with Crippen LogP contribution in [0.3, 0.4) is 0 Å². The van der Waals surface area contributed by atoms with E-state index in [4.69, 9.17) is 18.9 Å². The van der Waals surface area contributed by atoms with Crippen LogP contribution in [0.2, 0.25) is 0 Å². The second kappa shape index (κ2) is 10.2. The van der Waals surface area contributed by atoms with Crippen LogP contribution < -0.4 is 14.8 Å². The van der Waals surface area contributed by atoms with Crippen molar-refractivity contribution in [1.82, 2.24) is 0 Å². The lowest BCUT2D eigenvalue weighted by Crippen LogP contribution is -2.51. The molecule has 2 aromatic rings. The second-order valence-electron chi connectivity index (χ2n) is 8.59. The fraction of sp³-hybridized carbons (Fsp3) is 0.462. The number of ether oxygens (including phenoxy) is 4. The average Bonchev–Trinajstić information content (AvgIpc) is 2.74. The summed E-state index contributed by atoms with van der Waals surface area (Å²) in [5.41, 5.74) is 2.70. The van der Waals surface area contributed by atoms with Crippen molar-refractivity contribution >= 4 is 5.69 Å². The molecule has 2 unspecified atom stereocenters. The zero-order valence-corrected chi connectivity index (χ0v) is 19.5. The van der Waals surface area contributed by atoms with Crippen molar-refractivity contribution in [2.45, 2.75) is 65.1 Å². The summed E-state index contributed by atoms with van der Waals surface area (Å²) in [7, 11) is 1.68. The predicted octanol–water partition coefficient (Wildman–Crippen LogP) is 5.91. The zero-order chi connectivity index (χ0) is 22.4. The Morgan fingerprint density at radius 3 is 2.52 bits per heavy atom. The van der Waals surface area contributed by atoms with Gasteiger partial charge in [0, 0.05) is 17.8 Å². The molecule has 2 aromatic carbocycles. The highest BCUT2D eigenvalue weighted by atomic mass is 16.6. The quantitative estimate of drug-likeness (QED) is 0.507. The van der Waals surface area contributed by atoms with Crippen LogP contribution in [0.4, 0.5) is 5.69 Å². The number of rotatable bonds is 9. The maximum Gasteiger partial charge on any atom is 0.132 e. The summed E-state index contributed by atoms with van der Waals surface area (Å²) in [6.07, 6.45) is 3.62. The Morgan fingerprint density at radius 2 is 1.87 bits per heavy atom. The van der Waals surface area contributed by atoms with Gasteiger partial charge in [0.2, 0.25) is 0 Å². The van der Waals surface area contributed by atoms with E-state index in [0.717, 1.165) is 22.7 Å². The Morgan fingerprint density at radius 1 is 1.13 bits per heavy atom. The van der Waals surface area contributed by atoms with Gasteiger partial charge in [-0.3, -0.25) is 0 Å². The van der Waals surface area contributed by atoms with Gasteiger partial charge in [-0.25, -0.2) is 0 Å². The summed E-state index contributed by atoms with van der Waals surface area (Å²) in [4.78, 5) is 0. The van der Waals surface area contributed by atoms with Crippen LogP contribution in [0.5, 0.6) is 11.5 Å². The first kappa shape index (κ1) is 23.2. The number of nitrogens with one attached hydrogen (secondary N) is 1. The van der Waals surface area contributed by atoms with Crippen LogP contribution in [-0.4, -0.2) is 31.5 Å². The molecule has 2 atom stereocenters. The summed E-state index contributed by atoms with van der Waals surface area (Å²) in [6.45, 7) is 11.5. The van der Waals surface area contributed by atoms with Crippen molar-refractivity contribution in [1.29, 1.82) is 0 Å². The van der Waals surface area contributed by atoms with Gasteiger partial charge in [0.1, 0.15) is 29.3 Å². The van der Waals surface area contributed by atoms with Gasteiger partial charge >= 0.3 is 0 Å². The molecule has 1 aliphatic rings. The highest BCUT2D eigenvalue weighted by Gasteiger charge is 2.45. The van der Waals surface area contributed by atoms with Gasteiger partial charge in [0.05, 0.1) is 19.8 Å². The van der Waals surface area contributed by atoms with E-state index in [9.17, 15) is 0 Å². The number of fused-ring (bicyclic) bond motifs is 1.